The molecule has 2 N–H and O–H groups in total. The number of nitrogens with zero attached hydrogens (tertiary/aromatic N) is 3. The van der Waals surface area contributed by atoms with Gasteiger partial charge in [-0.1, -0.05) is 29.4 Å². The molecule has 21 heavy (non-hydrogen) atoms. The summed E-state index contributed by atoms with van der Waals surface area (Å²) in [5.41, 5.74) is 7.45. The van der Waals surface area contributed by atoms with Gasteiger partial charge in [-0.25, -0.2) is 4.98 Å². The van der Waals surface area contributed by atoms with Crippen molar-refractivity contribution in [3.8, 4) is 11.6 Å². The van der Waals surface area contributed by atoms with Gasteiger partial charge in [0.15, 0.2) is 5.82 Å². The number of pyridine rings is 1. The molecule has 0 spiro atoms. The molecule has 0 radical (unpaired) electrons. The lowest BCUT2D eigenvalue weighted by Crippen LogP contribution is -2.18. The Morgan fingerprint density at radius 1 is 1.19 bits per heavy atom. The molecule has 2 heterocycles. The van der Waals surface area contributed by atoms with Gasteiger partial charge in [-0.05, 0) is 19.1 Å². The zero-order chi connectivity index (χ0) is 14.7. The zero-order valence-electron chi connectivity index (χ0n) is 11.7. The van der Waals surface area contributed by atoms with E-state index in [9.17, 15) is 0 Å². The Labute approximate surface area is 121 Å². The Morgan fingerprint density at radius 2 is 2.05 bits per heavy atom. The molecule has 1 aromatic carbocycles. The van der Waals surface area contributed by atoms with Crippen molar-refractivity contribution >= 4 is 10.9 Å². The highest BCUT2D eigenvalue weighted by atomic mass is 16.5. The standard InChI is InChI=1S/C15H16N4O2/c1-2-20-9-11(16)14-18-15(21-19-14)13-8-7-10-5-3-4-6-12(10)17-13/h3-8,11H,2,9,16H2,1H3. The van der Waals surface area contributed by atoms with Crippen molar-refractivity contribution < 1.29 is 9.26 Å². The molecule has 0 aliphatic rings. The maximum atomic E-state index is 5.93. The van der Waals surface area contributed by atoms with Crippen LogP contribution in [0.1, 0.15) is 18.8 Å². The van der Waals surface area contributed by atoms with Crippen LogP contribution in [0.3, 0.4) is 0 Å². The minimum atomic E-state index is -0.400. The zero-order valence-corrected chi connectivity index (χ0v) is 11.7. The number of aromatic nitrogens is 3. The molecule has 0 saturated carbocycles. The number of hydrogen-bond donors (Lipinski definition) is 1. The van der Waals surface area contributed by atoms with Crippen molar-refractivity contribution in [2.45, 2.75) is 13.0 Å². The van der Waals surface area contributed by atoms with E-state index in [1.165, 1.54) is 0 Å². The third-order valence-electron chi connectivity index (χ3n) is 3.09. The Morgan fingerprint density at radius 3 is 2.90 bits per heavy atom. The topological polar surface area (TPSA) is 87.1 Å². The molecule has 0 bridgehead atoms. The highest BCUT2D eigenvalue weighted by Crippen LogP contribution is 2.20. The van der Waals surface area contributed by atoms with Crippen molar-refractivity contribution in [2.75, 3.05) is 13.2 Å². The second-order valence-corrected chi connectivity index (χ2v) is 4.61. The molecule has 1 atom stereocenters. The summed E-state index contributed by atoms with van der Waals surface area (Å²) in [4.78, 5) is 8.81. The minimum absolute atomic E-state index is 0.362. The molecular weight excluding hydrogens is 268 g/mol. The van der Waals surface area contributed by atoms with E-state index < -0.39 is 6.04 Å². The number of para-hydroxylation sites is 1. The number of hydrogen-bond acceptors (Lipinski definition) is 6. The van der Waals surface area contributed by atoms with Crippen molar-refractivity contribution in [3.05, 3.63) is 42.2 Å². The Kier molecular flexibility index (Phi) is 3.89. The number of ether oxygens (including phenoxy) is 1. The number of nitrogens with two attached hydrogens (primary N) is 1. The molecule has 2 aromatic heterocycles. The van der Waals surface area contributed by atoms with E-state index in [0.717, 1.165) is 10.9 Å². The fraction of sp³-hybridized carbons (Fsp3) is 0.267. The summed E-state index contributed by atoms with van der Waals surface area (Å²) in [5.74, 6) is 0.788. The number of fused-ring (bicyclic) bond motifs is 1. The van der Waals surface area contributed by atoms with Crippen molar-refractivity contribution in [3.63, 3.8) is 0 Å². The van der Waals surface area contributed by atoms with Gasteiger partial charge in [-0.3, -0.25) is 0 Å². The van der Waals surface area contributed by atoms with Gasteiger partial charge in [0.2, 0.25) is 0 Å². The van der Waals surface area contributed by atoms with Gasteiger partial charge in [-0.2, -0.15) is 4.98 Å². The molecule has 1 unspecified atom stereocenters. The van der Waals surface area contributed by atoms with E-state index in [1.54, 1.807) is 0 Å². The van der Waals surface area contributed by atoms with Gasteiger partial charge in [-0.15, -0.1) is 0 Å². The maximum absolute atomic E-state index is 5.93. The molecular formula is C15H16N4O2. The molecule has 0 saturated heterocycles. The normalized spacial score (nSPS) is 12.7. The minimum Gasteiger partial charge on any atom is -0.380 e. The van der Waals surface area contributed by atoms with Gasteiger partial charge in [0, 0.05) is 12.0 Å². The Balaban J connectivity index is 1.87. The van der Waals surface area contributed by atoms with E-state index in [1.807, 2.05) is 43.3 Å². The van der Waals surface area contributed by atoms with E-state index in [4.69, 9.17) is 15.0 Å². The van der Waals surface area contributed by atoms with Crippen LogP contribution in [0.5, 0.6) is 0 Å². The summed E-state index contributed by atoms with van der Waals surface area (Å²) in [7, 11) is 0. The predicted octanol–water partition coefficient (Wildman–Crippen LogP) is 2.32. The second kappa shape index (κ2) is 5.99. The quantitative estimate of drug-likeness (QED) is 0.773. The van der Waals surface area contributed by atoms with Gasteiger partial charge in [0.05, 0.1) is 18.2 Å². The molecule has 0 amide bonds. The van der Waals surface area contributed by atoms with Crippen molar-refractivity contribution in [1.29, 1.82) is 0 Å². The third-order valence-corrected chi connectivity index (χ3v) is 3.09. The molecule has 0 aliphatic carbocycles. The van der Waals surface area contributed by atoms with Crippen molar-refractivity contribution in [1.82, 2.24) is 15.1 Å². The van der Waals surface area contributed by atoms with Crippen LogP contribution in [0.2, 0.25) is 0 Å². The monoisotopic (exact) mass is 284 g/mol. The lowest BCUT2D eigenvalue weighted by atomic mass is 10.2. The van der Waals surface area contributed by atoms with Gasteiger partial charge < -0.3 is 15.0 Å². The average Bonchev–Trinajstić information content (AvgIpc) is 3.02. The summed E-state index contributed by atoms with van der Waals surface area (Å²) < 4.78 is 10.5. The highest BCUT2D eigenvalue weighted by Gasteiger charge is 2.16. The predicted molar refractivity (Wildman–Crippen MR) is 78.5 cm³/mol. The largest absolute Gasteiger partial charge is 0.380 e. The Hall–Kier alpha value is -2.31. The fourth-order valence-corrected chi connectivity index (χ4v) is 1.99. The lowest BCUT2D eigenvalue weighted by Gasteiger charge is -2.05. The first kappa shape index (κ1) is 13.7. The van der Waals surface area contributed by atoms with E-state index in [-0.39, 0.29) is 0 Å². The Bertz CT molecular complexity index is 741. The lowest BCUT2D eigenvalue weighted by molar-refractivity contribution is 0.130. The third kappa shape index (κ3) is 2.91. The van der Waals surface area contributed by atoms with Gasteiger partial charge in [0.1, 0.15) is 5.69 Å². The molecule has 0 aliphatic heterocycles. The van der Waals surface area contributed by atoms with Crippen LogP contribution in [0.15, 0.2) is 40.9 Å². The first-order valence-corrected chi connectivity index (χ1v) is 6.81. The van der Waals surface area contributed by atoms with Crippen LogP contribution in [-0.2, 0) is 4.74 Å². The smallest absolute Gasteiger partial charge is 0.276 e. The van der Waals surface area contributed by atoms with E-state index in [2.05, 4.69) is 15.1 Å². The average molecular weight is 284 g/mol. The van der Waals surface area contributed by atoms with Crippen LogP contribution in [0.25, 0.3) is 22.5 Å². The van der Waals surface area contributed by atoms with Crippen LogP contribution >= 0.6 is 0 Å². The fourth-order valence-electron chi connectivity index (χ4n) is 1.99. The molecule has 6 nitrogen and oxygen atoms in total. The molecule has 6 heteroatoms. The summed E-state index contributed by atoms with van der Waals surface area (Å²) in [5, 5.41) is 4.96. The van der Waals surface area contributed by atoms with Crippen molar-refractivity contribution in [2.24, 2.45) is 5.73 Å². The second-order valence-electron chi connectivity index (χ2n) is 4.61. The molecule has 108 valence electrons. The molecule has 3 rings (SSSR count). The maximum Gasteiger partial charge on any atom is 0.276 e. The van der Waals surface area contributed by atoms with Crippen LogP contribution < -0.4 is 5.73 Å². The first-order valence-electron chi connectivity index (χ1n) is 6.81. The summed E-state index contributed by atoms with van der Waals surface area (Å²) in [6, 6.07) is 11.3. The highest BCUT2D eigenvalue weighted by molar-refractivity contribution is 5.80. The van der Waals surface area contributed by atoms with Crippen LogP contribution in [0, 0.1) is 0 Å². The first-order chi connectivity index (χ1) is 10.3. The van der Waals surface area contributed by atoms with Crippen LogP contribution in [-0.4, -0.2) is 28.3 Å². The number of benzene rings is 1. The van der Waals surface area contributed by atoms with Gasteiger partial charge in [0.25, 0.3) is 5.89 Å². The summed E-state index contributed by atoms with van der Waals surface area (Å²) in [6.45, 7) is 2.87. The van der Waals surface area contributed by atoms with Crippen LogP contribution in [0.4, 0.5) is 0 Å². The number of rotatable bonds is 5. The summed E-state index contributed by atoms with van der Waals surface area (Å²) in [6.07, 6.45) is 0. The summed E-state index contributed by atoms with van der Waals surface area (Å²) >= 11 is 0. The molecule has 0 fully saturated rings. The SMILES string of the molecule is CCOCC(N)c1noc(-c2ccc3ccccc3n2)n1. The van der Waals surface area contributed by atoms with E-state index in [0.29, 0.717) is 30.6 Å². The van der Waals surface area contributed by atoms with E-state index >= 15 is 0 Å². The van der Waals surface area contributed by atoms with Gasteiger partial charge >= 0.3 is 0 Å². The molecule has 3 aromatic rings.